The molecule has 0 radical (unpaired) electrons. The van der Waals surface area contributed by atoms with Crippen LogP contribution in [0.1, 0.15) is 57.6 Å². The van der Waals surface area contributed by atoms with Crippen LogP contribution in [0.25, 0.3) is 22.1 Å². The molecule has 2 aliphatic rings. The third-order valence-corrected chi connectivity index (χ3v) is 8.97. The molecule has 0 bridgehead atoms. The van der Waals surface area contributed by atoms with Gasteiger partial charge in [0.1, 0.15) is 48.0 Å². The monoisotopic (exact) mass is 601 g/mol. The van der Waals surface area contributed by atoms with Crippen molar-refractivity contribution >= 4 is 27.9 Å². The van der Waals surface area contributed by atoms with Gasteiger partial charge in [-0.3, -0.25) is 0 Å². The standard InChI is InChI=1S/C30H38F3N7O3/c1-29(2,3)17-5-6-19-20(12-17)39-22(38-19)7-4-15-10-16(11-15)25(30(31,32)33)35-13-21-23(41)24(42)28(43-21)40-9-8-18-26(34)36-14-37-27(18)40/h5-6,8-9,12,14-16,21,23-25,28,35,41-42H,4,7,10-11,13H2,1-3H3,(H,38,39)(H2,34,36,37)/t15-,16-,21-,23+,24+,25?,28-/m1/s1. The summed E-state index contributed by atoms with van der Waals surface area (Å²) in [5.41, 5.74) is 9.35. The van der Waals surface area contributed by atoms with Crippen molar-refractivity contribution in [3.8, 4) is 0 Å². The molecule has 6 rings (SSSR count). The number of anilines is 1. The molecular weight excluding hydrogens is 563 g/mol. The molecule has 0 spiro atoms. The molecule has 4 aromatic rings. The highest BCUT2D eigenvalue weighted by Gasteiger charge is 2.50. The van der Waals surface area contributed by atoms with E-state index >= 15 is 0 Å². The zero-order chi connectivity index (χ0) is 30.7. The number of hydrogen-bond acceptors (Lipinski definition) is 8. The number of halogens is 3. The predicted molar refractivity (Wildman–Crippen MR) is 155 cm³/mol. The molecule has 5 atom stereocenters. The van der Waals surface area contributed by atoms with Crippen LogP contribution in [-0.2, 0) is 16.6 Å². The number of nitrogens with two attached hydrogens (primary N) is 1. The van der Waals surface area contributed by atoms with Gasteiger partial charge >= 0.3 is 6.18 Å². The number of ether oxygens (including phenoxy) is 1. The molecule has 1 aromatic carbocycles. The van der Waals surface area contributed by atoms with Crippen molar-refractivity contribution in [1.29, 1.82) is 0 Å². The highest BCUT2D eigenvalue weighted by atomic mass is 19.4. The van der Waals surface area contributed by atoms with Crippen LogP contribution in [0.3, 0.4) is 0 Å². The van der Waals surface area contributed by atoms with E-state index in [9.17, 15) is 23.4 Å². The second-order valence-electron chi connectivity index (χ2n) is 13.0. The van der Waals surface area contributed by atoms with E-state index < -0.39 is 42.7 Å². The van der Waals surface area contributed by atoms with Crippen LogP contribution in [0, 0.1) is 11.8 Å². The van der Waals surface area contributed by atoms with Crippen LogP contribution in [0.2, 0.25) is 0 Å². The summed E-state index contributed by atoms with van der Waals surface area (Å²) in [6, 6.07) is 6.13. The molecule has 13 heteroatoms. The van der Waals surface area contributed by atoms with E-state index in [1.165, 1.54) is 16.5 Å². The maximum absolute atomic E-state index is 14.1. The molecule has 232 valence electrons. The summed E-state index contributed by atoms with van der Waals surface area (Å²) in [6.45, 7) is 6.18. The lowest BCUT2D eigenvalue weighted by molar-refractivity contribution is -0.180. The number of alkyl halides is 3. The Labute approximate surface area is 246 Å². The number of rotatable bonds is 8. The largest absolute Gasteiger partial charge is 0.404 e. The number of aliphatic hydroxyl groups is 2. The van der Waals surface area contributed by atoms with Crippen molar-refractivity contribution < 1.29 is 28.1 Å². The lowest BCUT2D eigenvalue weighted by Crippen LogP contribution is -2.54. The van der Waals surface area contributed by atoms with E-state index in [4.69, 9.17) is 15.5 Å². The number of fused-ring (bicyclic) bond motifs is 2. The fraction of sp³-hybridized carbons (Fsp3) is 0.567. The van der Waals surface area contributed by atoms with Gasteiger partial charge in [-0.1, -0.05) is 26.8 Å². The fourth-order valence-corrected chi connectivity index (χ4v) is 6.40. The summed E-state index contributed by atoms with van der Waals surface area (Å²) in [4.78, 5) is 16.2. The number of aromatic amines is 1. The summed E-state index contributed by atoms with van der Waals surface area (Å²) in [5, 5.41) is 24.4. The van der Waals surface area contributed by atoms with Gasteiger partial charge < -0.3 is 35.6 Å². The first-order valence-corrected chi connectivity index (χ1v) is 14.7. The van der Waals surface area contributed by atoms with E-state index in [0.717, 1.165) is 23.3 Å². The first kappa shape index (κ1) is 29.8. The fourth-order valence-electron chi connectivity index (χ4n) is 6.40. The smallest absolute Gasteiger partial charge is 0.387 e. The van der Waals surface area contributed by atoms with E-state index in [0.29, 0.717) is 30.3 Å². The number of imidazole rings is 1. The van der Waals surface area contributed by atoms with Crippen LogP contribution in [0.15, 0.2) is 36.8 Å². The molecule has 10 nitrogen and oxygen atoms in total. The van der Waals surface area contributed by atoms with Crippen LogP contribution < -0.4 is 11.1 Å². The number of aromatic nitrogens is 5. The van der Waals surface area contributed by atoms with Gasteiger partial charge in [0.2, 0.25) is 0 Å². The minimum Gasteiger partial charge on any atom is -0.387 e. The van der Waals surface area contributed by atoms with E-state index in [1.807, 2.05) is 6.07 Å². The zero-order valence-electron chi connectivity index (χ0n) is 24.3. The number of nitrogens with zero attached hydrogens (tertiary/aromatic N) is 4. The molecule has 3 aromatic heterocycles. The lowest BCUT2D eigenvalue weighted by atomic mass is 9.69. The Balaban J connectivity index is 1.04. The molecule has 4 heterocycles. The third kappa shape index (κ3) is 5.83. The van der Waals surface area contributed by atoms with Crippen molar-refractivity contribution in [3.63, 3.8) is 0 Å². The van der Waals surface area contributed by atoms with Crippen molar-refractivity contribution in [1.82, 2.24) is 29.8 Å². The molecule has 1 saturated carbocycles. The average molecular weight is 602 g/mol. The van der Waals surface area contributed by atoms with Gasteiger partial charge in [-0.05, 0) is 60.3 Å². The predicted octanol–water partition coefficient (Wildman–Crippen LogP) is 3.99. The van der Waals surface area contributed by atoms with Gasteiger partial charge in [0, 0.05) is 19.2 Å². The van der Waals surface area contributed by atoms with Crippen LogP contribution in [0.5, 0.6) is 0 Å². The number of nitrogen functional groups attached to an aromatic ring is 1. The maximum Gasteiger partial charge on any atom is 0.404 e. The van der Waals surface area contributed by atoms with Crippen LogP contribution >= 0.6 is 0 Å². The van der Waals surface area contributed by atoms with Gasteiger partial charge in [0.15, 0.2) is 6.23 Å². The second kappa shape index (κ2) is 11.0. The maximum atomic E-state index is 14.1. The summed E-state index contributed by atoms with van der Waals surface area (Å²) in [5.74, 6) is 0.683. The van der Waals surface area contributed by atoms with Crippen molar-refractivity contribution in [2.24, 2.45) is 11.8 Å². The lowest BCUT2D eigenvalue weighted by Gasteiger charge is -2.42. The Morgan fingerprint density at radius 1 is 1.14 bits per heavy atom. The second-order valence-corrected chi connectivity index (χ2v) is 13.0. The Hall–Kier alpha value is -3.26. The Morgan fingerprint density at radius 3 is 2.63 bits per heavy atom. The Morgan fingerprint density at radius 2 is 1.91 bits per heavy atom. The normalized spacial score (nSPS) is 27.2. The summed E-state index contributed by atoms with van der Waals surface area (Å²) >= 11 is 0. The molecule has 0 amide bonds. The number of benzene rings is 1. The summed E-state index contributed by atoms with van der Waals surface area (Å²) < 4.78 is 49.7. The number of hydrogen-bond donors (Lipinski definition) is 5. The number of aryl methyl sites for hydroxylation is 1. The molecule has 43 heavy (non-hydrogen) atoms. The van der Waals surface area contributed by atoms with Crippen molar-refractivity contribution in [2.45, 2.75) is 88.6 Å². The zero-order valence-corrected chi connectivity index (χ0v) is 24.3. The van der Waals surface area contributed by atoms with Gasteiger partial charge in [-0.15, -0.1) is 0 Å². The van der Waals surface area contributed by atoms with Gasteiger partial charge in [-0.25, -0.2) is 15.0 Å². The summed E-state index contributed by atoms with van der Waals surface area (Å²) in [6.07, 6.45) is -4.13. The molecule has 1 unspecified atom stereocenters. The van der Waals surface area contributed by atoms with E-state index in [2.05, 4.69) is 53.2 Å². The molecular formula is C30H38F3N7O3. The Bertz CT molecular complexity index is 1590. The third-order valence-electron chi connectivity index (χ3n) is 8.97. The molecule has 6 N–H and O–H groups in total. The highest BCUT2D eigenvalue weighted by Crippen LogP contribution is 2.43. The number of nitrogens with one attached hydrogen (secondary N) is 2. The SMILES string of the molecule is CC(C)(C)c1ccc2[nH]c(CC[C@H]3C[C@H](C(NC[C@H]4O[C@@H](n5ccc6c(N)ncnc65)[C@@H](O)[C@H]4O)C(F)(F)F)C3)nc2c1. The molecule has 1 aliphatic heterocycles. The van der Waals surface area contributed by atoms with E-state index in [-0.39, 0.29) is 23.7 Å². The summed E-state index contributed by atoms with van der Waals surface area (Å²) in [7, 11) is 0. The molecule has 1 saturated heterocycles. The van der Waals surface area contributed by atoms with E-state index in [1.54, 1.807) is 12.3 Å². The van der Waals surface area contributed by atoms with Gasteiger partial charge in [0.05, 0.1) is 16.4 Å². The van der Waals surface area contributed by atoms with Gasteiger partial charge in [-0.2, -0.15) is 13.2 Å². The minimum absolute atomic E-state index is 0.0166. The quantitative estimate of drug-likeness (QED) is 0.204. The van der Waals surface area contributed by atoms with Gasteiger partial charge in [0.25, 0.3) is 0 Å². The molecule has 2 fully saturated rings. The molecule has 1 aliphatic carbocycles. The van der Waals surface area contributed by atoms with Crippen molar-refractivity contribution in [2.75, 3.05) is 12.3 Å². The van der Waals surface area contributed by atoms with Crippen LogP contribution in [0.4, 0.5) is 19.0 Å². The number of H-pyrrole nitrogens is 1. The Kier molecular flexibility index (Phi) is 7.64. The first-order valence-electron chi connectivity index (χ1n) is 14.7. The van der Waals surface area contributed by atoms with Crippen LogP contribution in [-0.4, -0.2) is 71.8 Å². The minimum atomic E-state index is -4.47. The topological polar surface area (TPSA) is 147 Å². The highest BCUT2D eigenvalue weighted by molar-refractivity contribution is 5.86. The van der Waals surface area contributed by atoms with Crippen molar-refractivity contribution in [3.05, 3.63) is 48.2 Å². The first-order chi connectivity index (χ1) is 20.3. The number of aliphatic hydroxyl groups excluding tert-OH is 2. The average Bonchev–Trinajstić information content (AvgIpc) is 3.60.